The number of rotatable bonds is 3. The Balaban J connectivity index is 1.95. The molecule has 0 atom stereocenters. The second kappa shape index (κ2) is 5.52. The maximum absolute atomic E-state index is 12.2. The number of amides is 1. The quantitative estimate of drug-likeness (QED) is 0.863. The van der Waals surface area contributed by atoms with Gasteiger partial charge in [-0.05, 0) is 44.8 Å². The van der Waals surface area contributed by atoms with E-state index in [2.05, 4.69) is 10.4 Å². The molecule has 1 aromatic heterocycles. The Hall–Kier alpha value is -1.36. The molecule has 0 radical (unpaired) electrons. The molecule has 0 aromatic carbocycles. The average Bonchev–Trinajstić information content (AvgIpc) is 2.70. The minimum absolute atomic E-state index is 0.0252. The summed E-state index contributed by atoms with van der Waals surface area (Å²) in [7, 11) is 3.73. The van der Waals surface area contributed by atoms with E-state index in [1.54, 1.807) is 9.58 Å². The number of nitrogens with one attached hydrogen (secondary N) is 1. The highest BCUT2D eigenvalue weighted by atomic mass is 16.2. The van der Waals surface area contributed by atoms with Gasteiger partial charge in [0.25, 0.3) is 5.91 Å². The average molecular weight is 250 g/mol. The van der Waals surface area contributed by atoms with E-state index in [0.29, 0.717) is 11.6 Å². The minimum atomic E-state index is 0.0252. The summed E-state index contributed by atoms with van der Waals surface area (Å²) in [4.78, 5) is 14.0. The SMILES string of the molecule is Cc1cc(C(=O)N(C)CC2CCNCC2)nn1C. The Morgan fingerprint density at radius 1 is 1.56 bits per heavy atom. The molecule has 1 aliphatic heterocycles. The highest BCUT2D eigenvalue weighted by Crippen LogP contribution is 2.14. The van der Waals surface area contributed by atoms with Crippen molar-refractivity contribution in [1.29, 1.82) is 0 Å². The number of carbonyl (C=O) groups excluding carboxylic acids is 1. The zero-order valence-corrected chi connectivity index (χ0v) is 11.4. The van der Waals surface area contributed by atoms with E-state index in [1.807, 2.05) is 27.1 Å². The van der Waals surface area contributed by atoms with Gasteiger partial charge in [0.15, 0.2) is 5.69 Å². The maximum atomic E-state index is 12.2. The first kappa shape index (κ1) is 13.1. The largest absolute Gasteiger partial charge is 0.340 e. The summed E-state index contributed by atoms with van der Waals surface area (Å²) in [5, 5.41) is 7.58. The van der Waals surface area contributed by atoms with E-state index >= 15 is 0 Å². The minimum Gasteiger partial charge on any atom is -0.340 e. The zero-order valence-electron chi connectivity index (χ0n) is 11.4. The number of hydrogen-bond donors (Lipinski definition) is 1. The van der Waals surface area contributed by atoms with Crippen molar-refractivity contribution in [2.75, 3.05) is 26.7 Å². The van der Waals surface area contributed by atoms with Crippen molar-refractivity contribution < 1.29 is 4.79 Å². The van der Waals surface area contributed by atoms with Gasteiger partial charge in [0.2, 0.25) is 0 Å². The van der Waals surface area contributed by atoms with Crippen molar-refractivity contribution in [3.63, 3.8) is 0 Å². The third kappa shape index (κ3) is 2.90. The maximum Gasteiger partial charge on any atom is 0.274 e. The molecule has 0 aliphatic carbocycles. The lowest BCUT2D eigenvalue weighted by Gasteiger charge is -2.27. The molecule has 2 heterocycles. The van der Waals surface area contributed by atoms with E-state index in [0.717, 1.165) is 38.2 Å². The van der Waals surface area contributed by atoms with Crippen LogP contribution in [0.4, 0.5) is 0 Å². The van der Waals surface area contributed by atoms with Crippen LogP contribution in [0, 0.1) is 12.8 Å². The molecule has 5 heteroatoms. The Morgan fingerprint density at radius 2 is 2.22 bits per heavy atom. The summed E-state index contributed by atoms with van der Waals surface area (Å²) in [6, 6.07) is 1.85. The van der Waals surface area contributed by atoms with Crippen molar-refractivity contribution in [3.8, 4) is 0 Å². The summed E-state index contributed by atoms with van der Waals surface area (Å²) in [5.74, 6) is 0.641. The molecule has 5 nitrogen and oxygen atoms in total. The van der Waals surface area contributed by atoms with Crippen molar-refractivity contribution in [2.24, 2.45) is 13.0 Å². The smallest absolute Gasteiger partial charge is 0.274 e. The summed E-state index contributed by atoms with van der Waals surface area (Å²) >= 11 is 0. The van der Waals surface area contributed by atoms with Crippen LogP contribution < -0.4 is 5.32 Å². The lowest BCUT2D eigenvalue weighted by atomic mass is 9.97. The lowest BCUT2D eigenvalue weighted by molar-refractivity contribution is 0.0756. The fraction of sp³-hybridized carbons (Fsp3) is 0.692. The number of piperidine rings is 1. The number of aromatic nitrogens is 2. The summed E-state index contributed by atoms with van der Waals surface area (Å²) < 4.78 is 1.74. The molecular formula is C13H22N4O. The number of aryl methyl sites for hydroxylation is 2. The molecule has 0 bridgehead atoms. The zero-order chi connectivity index (χ0) is 13.1. The highest BCUT2D eigenvalue weighted by molar-refractivity contribution is 5.92. The van der Waals surface area contributed by atoms with Crippen LogP contribution in [0.5, 0.6) is 0 Å². The van der Waals surface area contributed by atoms with E-state index in [1.165, 1.54) is 0 Å². The third-order valence-corrected chi connectivity index (χ3v) is 3.67. The molecule has 0 spiro atoms. The molecule has 1 fully saturated rings. The van der Waals surface area contributed by atoms with Gasteiger partial charge in [-0.15, -0.1) is 0 Å². The van der Waals surface area contributed by atoms with Gasteiger partial charge in [-0.25, -0.2) is 0 Å². The topological polar surface area (TPSA) is 50.2 Å². The Labute approximate surface area is 108 Å². The Kier molecular flexibility index (Phi) is 4.01. The molecular weight excluding hydrogens is 228 g/mol. The fourth-order valence-corrected chi connectivity index (χ4v) is 2.40. The van der Waals surface area contributed by atoms with E-state index < -0.39 is 0 Å². The molecule has 1 saturated heterocycles. The monoisotopic (exact) mass is 250 g/mol. The summed E-state index contributed by atoms with van der Waals surface area (Å²) in [6.07, 6.45) is 2.30. The highest BCUT2D eigenvalue weighted by Gasteiger charge is 2.20. The van der Waals surface area contributed by atoms with E-state index in [9.17, 15) is 4.79 Å². The summed E-state index contributed by atoms with van der Waals surface area (Å²) in [5.41, 5.74) is 1.56. The number of nitrogens with zero attached hydrogens (tertiary/aromatic N) is 3. The van der Waals surface area contributed by atoms with Gasteiger partial charge in [-0.3, -0.25) is 9.48 Å². The lowest BCUT2D eigenvalue weighted by Crippen LogP contribution is -2.37. The van der Waals surface area contributed by atoms with Crippen LogP contribution >= 0.6 is 0 Å². The molecule has 1 amide bonds. The van der Waals surface area contributed by atoms with E-state index in [-0.39, 0.29) is 5.91 Å². The van der Waals surface area contributed by atoms with Gasteiger partial charge < -0.3 is 10.2 Å². The first-order valence-electron chi connectivity index (χ1n) is 6.54. The van der Waals surface area contributed by atoms with Crippen molar-refractivity contribution >= 4 is 5.91 Å². The normalized spacial score (nSPS) is 16.8. The van der Waals surface area contributed by atoms with Crippen molar-refractivity contribution in [1.82, 2.24) is 20.0 Å². The van der Waals surface area contributed by atoms with Crippen LogP contribution in [0.3, 0.4) is 0 Å². The predicted molar refractivity (Wildman–Crippen MR) is 70.5 cm³/mol. The van der Waals surface area contributed by atoms with Crippen molar-refractivity contribution in [2.45, 2.75) is 19.8 Å². The third-order valence-electron chi connectivity index (χ3n) is 3.67. The van der Waals surface area contributed by atoms with Crippen molar-refractivity contribution in [3.05, 3.63) is 17.5 Å². The van der Waals surface area contributed by atoms with Gasteiger partial charge >= 0.3 is 0 Å². The molecule has 2 rings (SSSR count). The standard InChI is InChI=1S/C13H22N4O/c1-10-8-12(15-17(10)3)13(18)16(2)9-11-4-6-14-7-5-11/h8,11,14H,4-7,9H2,1-3H3. The molecule has 100 valence electrons. The predicted octanol–water partition coefficient (Wildman–Crippen LogP) is 0.800. The fourth-order valence-electron chi connectivity index (χ4n) is 2.40. The van der Waals surface area contributed by atoms with Gasteiger partial charge in [0.1, 0.15) is 0 Å². The summed E-state index contributed by atoms with van der Waals surface area (Å²) in [6.45, 7) is 4.91. The van der Waals surface area contributed by atoms with Crippen LogP contribution in [0.15, 0.2) is 6.07 Å². The van der Waals surface area contributed by atoms with Crippen LogP contribution in [0.25, 0.3) is 0 Å². The molecule has 0 saturated carbocycles. The van der Waals surface area contributed by atoms with Gasteiger partial charge in [0, 0.05) is 26.3 Å². The molecule has 1 aromatic rings. The van der Waals surface area contributed by atoms with Crippen LogP contribution in [0.2, 0.25) is 0 Å². The molecule has 1 N–H and O–H groups in total. The van der Waals surface area contributed by atoms with Crippen LogP contribution in [-0.2, 0) is 7.05 Å². The van der Waals surface area contributed by atoms with Gasteiger partial charge in [-0.1, -0.05) is 0 Å². The molecule has 18 heavy (non-hydrogen) atoms. The first-order chi connectivity index (χ1) is 8.58. The van der Waals surface area contributed by atoms with Crippen LogP contribution in [-0.4, -0.2) is 47.3 Å². The molecule has 0 unspecified atom stereocenters. The molecule has 1 aliphatic rings. The Morgan fingerprint density at radius 3 is 2.78 bits per heavy atom. The second-order valence-electron chi connectivity index (χ2n) is 5.17. The number of carbonyl (C=O) groups is 1. The first-order valence-corrected chi connectivity index (χ1v) is 6.54. The van der Waals surface area contributed by atoms with Gasteiger partial charge in [-0.2, -0.15) is 5.10 Å². The Bertz CT molecular complexity index is 401. The van der Waals surface area contributed by atoms with E-state index in [4.69, 9.17) is 0 Å². The van der Waals surface area contributed by atoms with Gasteiger partial charge in [0.05, 0.1) is 0 Å². The van der Waals surface area contributed by atoms with Crippen LogP contribution in [0.1, 0.15) is 29.0 Å². The number of hydrogen-bond acceptors (Lipinski definition) is 3. The second-order valence-corrected chi connectivity index (χ2v) is 5.17.